The second kappa shape index (κ2) is 10.1. The van der Waals surface area contributed by atoms with Crippen molar-refractivity contribution in [1.82, 2.24) is 9.80 Å². The van der Waals surface area contributed by atoms with Crippen molar-refractivity contribution in [3.05, 3.63) is 59.2 Å². The molecule has 1 heterocycles. The van der Waals surface area contributed by atoms with Crippen molar-refractivity contribution in [2.24, 2.45) is 0 Å². The minimum Gasteiger partial charge on any atom is -0.497 e. The minimum atomic E-state index is -0.126. The number of ether oxygens (including phenoxy) is 2. The molecule has 0 aromatic heterocycles. The Morgan fingerprint density at radius 1 is 0.774 bits per heavy atom. The maximum Gasteiger partial charge on any atom is 0.254 e. The van der Waals surface area contributed by atoms with Crippen molar-refractivity contribution >= 4 is 17.6 Å². The third-order valence-corrected chi connectivity index (χ3v) is 5.46. The van der Waals surface area contributed by atoms with Crippen LogP contribution in [0.4, 0.5) is 0 Å². The maximum atomic E-state index is 12.9. The molecule has 0 saturated carbocycles. The number of amides is 2. The Morgan fingerprint density at radius 3 is 1.87 bits per heavy atom. The van der Waals surface area contributed by atoms with Crippen LogP contribution in [0.15, 0.2) is 42.5 Å². The second-order valence-corrected chi connectivity index (χ2v) is 7.56. The quantitative estimate of drug-likeness (QED) is 0.639. The number of ketones is 1. The summed E-state index contributed by atoms with van der Waals surface area (Å²) in [6, 6.07) is 12.4. The zero-order valence-corrected chi connectivity index (χ0v) is 18.2. The van der Waals surface area contributed by atoms with Gasteiger partial charge in [0, 0.05) is 56.2 Å². The molecule has 1 aliphatic rings. The summed E-state index contributed by atoms with van der Waals surface area (Å²) < 4.78 is 10.5. The average Bonchev–Trinajstić information content (AvgIpc) is 2.81. The molecule has 0 aliphatic carbocycles. The number of aryl methyl sites for hydroxylation is 1. The summed E-state index contributed by atoms with van der Waals surface area (Å²) in [4.78, 5) is 41.2. The number of Topliss-reactive ketones (excluding diaryl/α,β-unsaturated/α-hetero) is 1. The van der Waals surface area contributed by atoms with Gasteiger partial charge in [-0.15, -0.1) is 0 Å². The van der Waals surface area contributed by atoms with Crippen LogP contribution >= 0.6 is 0 Å². The van der Waals surface area contributed by atoms with Gasteiger partial charge in [0.25, 0.3) is 5.91 Å². The monoisotopic (exact) mass is 424 g/mol. The van der Waals surface area contributed by atoms with Gasteiger partial charge >= 0.3 is 0 Å². The van der Waals surface area contributed by atoms with Crippen LogP contribution in [-0.4, -0.2) is 67.8 Å². The van der Waals surface area contributed by atoms with Crippen LogP contribution in [0.25, 0.3) is 0 Å². The van der Waals surface area contributed by atoms with E-state index in [9.17, 15) is 14.4 Å². The van der Waals surface area contributed by atoms with Gasteiger partial charge in [-0.2, -0.15) is 0 Å². The third kappa shape index (κ3) is 5.63. The number of benzene rings is 2. The number of carbonyl (C=O) groups is 3. The van der Waals surface area contributed by atoms with Gasteiger partial charge in [-0.1, -0.05) is 29.8 Å². The molecular formula is C24H28N2O5. The molecule has 3 rings (SSSR count). The Morgan fingerprint density at radius 2 is 1.32 bits per heavy atom. The molecule has 31 heavy (non-hydrogen) atoms. The number of rotatable bonds is 7. The van der Waals surface area contributed by atoms with Crippen LogP contribution in [0.2, 0.25) is 0 Å². The number of carbonyl (C=O) groups excluding carboxylic acids is 3. The van der Waals surface area contributed by atoms with Crippen LogP contribution in [0.3, 0.4) is 0 Å². The molecule has 7 heteroatoms. The maximum absolute atomic E-state index is 12.9. The van der Waals surface area contributed by atoms with E-state index in [2.05, 4.69) is 0 Å². The molecule has 1 fully saturated rings. The van der Waals surface area contributed by atoms with Crippen molar-refractivity contribution in [3.8, 4) is 11.5 Å². The van der Waals surface area contributed by atoms with Gasteiger partial charge < -0.3 is 19.3 Å². The number of methoxy groups -OCH3 is 2. The molecule has 0 N–H and O–H groups in total. The average molecular weight is 424 g/mol. The highest BCUT2D eigenvalue weighted by atomic mass is 16.5. The highest BCUT2D eigenvalue weighted by Gasteiger charge is 2.25. The van der Waals surface area contributed by atoms with Gasteiger partial charge in [-0.25, -0.2) is 0 Å². The van der Waals surface area contributed by atoms with Gasteiger partial charge in [0.15, 0.2) is 5.78 Å². The molecule has 2 aromatic carbocycles. The van der Waals surface area contributed by atoms with Crippen molar-refractivity contribution in [1.29, 1.82) is 0 Å². The van der Waals surface area contributed by atoms with Gasteiger partial charge in [0.1, 0.15) is 11.5 Å². The second-order valence-electron chi connectivity index (χ2n) is 7.56. The van der Waals surface area contributed by atoms with Crippen molar-refractivity contribution in [2.75, 3.05) is 40.4 Å². The number of hydrogen-bond acceptors (Lipinski definition) is 5. The largest absolute Gasteiger partial charge is 0.497 e. The van der Waals surface area contributed by atoms with E-state index in [0.29, 0.717) is 48.8 Å². The van der Waals surface area contributed by atoms with E-state index < -0.39 is 0 Å². The Labute approximate surface area is 182 Å². The summed E-state index contributed by atoms with van der Waals surface area (Å²) in [6.45, 7) is 3.74. The van der Waals surface area contributed by atoms with E-state index in [1.54, 1.807) is 40.1 Å². The van der Waals surface area contributed by atoms with Gasteiger partial charge in [-0.3, -0.25) is 14.4 Å². The summed E-state index contributed by atoms with van der Waals surface area (Å²) in [5.41, 5.74) is 2.20. The van der Waals surface area contributed by atoms with E-state index in [1.165, 1.54) is 14.2 Å². The summed E-state index contributed by atoms with van der Waals surface area (Å²) >= 11 is 0. The van der Waals surface area contributed by atoms with Crippen LogP contribution < -0.4 is 9.47 Å². The first kappa shape index (κ1) is 22.3. The summed E-state index contributed by atoms with van der Waals surface area (Å²) in [6.07, 6.45) is 0.360. The fraction of sp³-hybridized carbons (Fsp3) is 0.375. The highest BCUT2D eigenvalue weighted by Crippen LogP contribution is 2.24. The molecule has 2 amide bonds. The molecule has 1 aliphatic heterocycles. The minimum absolute atomic E-state index is 0.0332. The van der Waals surface area contributed by atoms with Crippen LogP contribution in [-0.2, 0) is 4.79 Å². The first-order valence-electron chi connectivity index (χ1n) is 10.3. The fourth-order valence-corrected chi connectivity index (χ4v) is 3.53. The lowest BCUT2D eigenvalue weighted by atomic mass is 10.0. The van der Waals surface area contributed by atoms with Gasteiger partial charge in [0.2, 0.25) is 5.91 Å². The summed E-state index contributed by atoms with van der Waals surface area (Å²) in [7, 11) is 3.08. The first-order chi connectivity index (χ1) is 14.9. The number of piperazine rings is 1. The van der Waals surface area contributed by atoms with E-state index in [0.717, 1.165) is 5.56 Å². The van der Waals surface area contributed by atoms with Crippen LogP contribution in [0.5, 0.6) is 11.5 Å². The number of hydrogen-bond donors (Lipinski definition) is 0. The predicted octanol–water partition coefficient (Wildman–Crippen LogP) is 2.96. The third-order valence-electron chi connectivity index (χ3n) is 5.46. The molecule has 0 spiro atoms. The SMILES string of the molecule is COc1cc(OC)cc(C(=O)N2CCN(C(=O)CCC(=O)c3ccc(C)cc3)CC2)c1. The molecule has 7 nitrogen and oxygen atoms in total. The molecule has 1 saturated heterocycles. The standard InChI is InChI=1S/C24H28N2O5/c1-17-4-6-18(7-5-17)22(27)8-9-23(28)25-10-12-26(13-11-25)24(29)19-14-20(30-2)16-21(15-19)31-3/h4-7,14-16H,8-13H2,1-3H3. The van der Waals surface area contributed by atoms with E-state index in [-0.39, 0.29) is 30.4 Å². The molecule has 0 unspecified atom stereocenters. The van der Waals surface area contributed by atoms with Gasteiger partial charge in [-0.05, 0) is 19.1 Å². The smallest absolute Gasteiger partial charge is 0.254 e. The Hall–Kier alpha value is -3.35. The zero-order valence-electron chi connectivity index (χ0n) is 18.2. The Bertz CT molecular complexity index is 925. The van der Waals surface area contributed by atoms with Crippen molar-refractivity contribution in [3.63, 3.8) is 0 Å². The lowest BCUT2D eigenvalue weighted by Crippen LogP contribution is -2.50. The van der Waals surface area contributed by atoms with Crippen LogP contribution in [0.1, 0.15) is 39.1 Å². The Balaban J connectivity index is 1.52. The first-order valence-corrected chi connectivity index (χ1v) is 10.3. The zero-order chi connectivity index (χ0) is 22.4. The highest BCUT2D eigenvalue weighted by molar-refractivity contribution is 5.98. The van der Waals surface area contributed by atoms with E-state index >= 15 is 0 Å². The number of nitrogens with zero attached hydrogens (tertiary/aromatic N) is 2. The molecule has 2 aromatic rings. The van der Waals surface area contributed by atoms with E-state index in [4.69, 9.17) is 9.47 Å². The molecule has 0 bridgehead atoms. The molecular weight excluding hydrogens is 396 g/mol. The summed E-state index contributed by atoms with van der Waals surface area (Å²) in [5.74, 6) is 0.883. The molecule has 0 atom stereocenters. The predicted molar refractivity (Wildman–Crippen MR) is 117 cm³/mol. The lowest BCUT2D eigenvalue weighted by molar-refractivity contribution is -0.132. The Kier molecular flexibility index (Phi) is 7.28. The van der Waals surface area contributed by atoms with E-state index in [1.807, 2.05) is 19.1 Å². The summed E-state index contributed by atoms with van der Waals surface area (Å²) in [5, 5.41) is 0. The molecule has 0 radical (unpaired) electrons. The normalized spacial score (nSPS) is 13.6. The van der Waals surface area contributed by atoms with Gasteiger partial charge in [0.05, 0.1) is 14.2 Å². The van der Waals surface area contributed by atoms with Crippen LogP contribution in [0, 0.1) is 6.92 Å². The van der Waals surface area contributed by atoms with Crippen molar-refractivity contribution < 1.29 is 23.9 Å². The van der Waals surface area contributed by atoms with Crippen molar-refractivity contribution in [2.45, 2.75) is 19.8 Å². The molecule has 164 valence electrons. The topological polar surface area (TPSA) is 76.2 Å². The fourth-order valence-electron chi connectivity index (χ4n) is 3.53. The lowest BCUT2D eigenvalue weighted by Gasteiger charge is -2.35.